The number of rotatable bonds is 5. The highest BCUT2D eigenvalue weighted by molar-refractivity contribution is 5.78. The van der Waals surface area contributed by atoms with E-state index in [0.29, 0.717) is 19.1 Å². The number of nitrogens with one attached hydrogen (secondary N) is 1. The first kappa shape index (κ1) is 11.5. The maximum Gasteiger partial charge on any atom is 0.105 e. The number of nitrogens with two attached hydrogens (primary N) is 1. The van der Waals surface area contributed by atoms with E-state index in [4.69, 9.17) is 16.2 Å². The van der Waals surface area contributed by atoms with Gasteiger partial charge in [0.2, 0.25) is 0 Å². The highest BCUT2D eigenvalue weighted by Crippen LogP contribution is 2.21. The number of nitrogens with zero attached hydrogens (tertiary/aromatic N) is 1. The molecule has 1 saturated carbocycles. The van der Waals surface area contributed by atoms with Crippen LogP contribution in [0.3, 0.4) is 0 Å². The summed E-state index contributed by atoms with van der Waals surface area (Å²) in [4.78, 5) is 2.14. The van der Waals surface area contributed by atoms with E-state index in [1.807, 2.05) is 0 Å². The van der Waals surface area contributed by atoms with Crippen LogP contribution in [0.5, 0.6) is 0 Å². The minimum absolute atomic E-state index is 0.157. The SMILES string of the molecule is N=C(N)CN(CCO)C1CCCCC1. The van der Waals surface area contributed by atoms with Crippen molar-refractivity contribution in [3.05, 3.63) is 0 Å². The van der Waals surface area contributed by atoms with Gasteiger partial charge in [0, 0.05) is 12.6 Å². The zero-order valence-corrected chi connectivity index (χ0v) is 8.71. The van der Waals surface area contributed by atoms with E-state index in [-0.39, 0.29) is 12.4 Å². The summed E-state index contributed by atoms with van der Waals surface area (Å²) in [7, 11) is 0. The van der Waals surface area contributed by atoms with E-state index < -0.39 is 0 Å². The van der Waals surface area contributed by atoms with Crippen LogP contribution in [0.25, 0.3) is 0 Å². The predicted molar refractivity (Wildman–Crippen MR) is 57.4 cm³/mol. The summed E-state index contributed by atoms with van der Waals surface area (Å²) in [5.41, 5.74) is 5.39. The molecule has 0 aromatic carbocycles. The summed E-state index contributed by atoms with van der Waals surface area (Å²) >= 11 is 0. The van der Waals surface area contributed by atoms with Gasteiger partial charge in [0.1, 0.15) is 5.84 Å². The van der Waals surface area contributed by atoms with Crippen molar-refractivity contribution >= 4 is 5.84 Å². The van der Waals surface area contributed by atoms with Gasteiger partial charge in [-0.2, -0.15) is 0 Å². The maximum atomic E-state index is 8.93. The van der Waals surface area contributed by atoms with Crippen LogP contribution in [-0.2, 0) is 0 Å². The van der Waals surface area contributed by atoms with Crippen LogP contribution in [0.2, 0.25) is 0 Å². The number of aliphatic hydroxyl groups excluding tert-OH is 1. The molecule has 1 aliphatic carbocycles. The third kappa shape index (κ3) is 3.64. The molecule has 14 heavy (non-hydrogen) atoms. The van der Waals surface area contributed by atoms with Crippen molar-refractivity contribution < 1.29 is 5.11 Å². The number of hydrogen-bond acceptors (Lipinski definition) is 3. The summed E-state index contributed by atoms with van der Waals surface area (Å²) in [5, 5.41) is 16.2. The molecular weight excluding hydrogens is 178 g/mol. The van der Waals surface area contributed by atoms with Gasteiger partial charge < -0.3 is 10.8 Å². The Labute approximate surface area is 85.6 Å². The van der Waals surface area contributed by atoms with Crippen molar-refractivity contribution in [1.29, 1.82) is 5.41 Å². The zero-order valence-electron chi connectivity index (χ0n) is 8.71. The molecule has 4 N–H and O–H groups in total. The third-order valence-electron chi connectivity index (χ3n) is 2.85. The fourth-order valence-electron chi connectivity index (χ4n) is 2.18. The number of aliphatic hydroxyl groups is 1. The summed E-state index contributed by atoms with van der Waals surface area (Å²) in [5.74, 6) is 0.198. The molecular formula is C10H21N3O. The van der Waals surface area contributed by atoms with Crippen molar-refractivity contribution in [2.45, 2.75) is 38.1 Å². The lowest BCUT2D eigenvalue weighted by molar-refractivity contribution is 0.140. The van der Waals surface area contributed by atoms with Gasteiger partial charge in [-0.25, -0.2) is 0 Å². The first-order valence-electron chi connectivity index (χ1n) is 5.42. The van der Waals surface area contributed by atoms with E-state index in [1.165, 1.54) is 32.1 Å². The van der Waals surface area contributed by atoms with Crippen molar-refractivity contribution in [3.63, 3.8) is 0 Å². The molecule has 0 aromatic heterocycles. The summed E-state index contributed by atoms with van der Waals surface area (Å²) in [6.07, 6.45) is 6.24. The van der Waals surface area contributed by atoms with Crippen LogP contribution in [0.15, 0.2) is 0 Å². The highest BCUT2D eigenvalue weighted by Gasteiger charge is 2.20. The normalized spacial score (nSPS) is 18.7. The molecule has 4 heteroatoms. The average molecular weight is 199 g/mol. The van der Waals surface area contributed by atoms with Gasteiger partial charge in [-0.1, -0.05) is 19.3 Å². The molecule has 1 rings (SSSR count). The smallest absolute Gasteiger partial charge is 0.105 e. The molecule has 0 aliphatic heterocycles. The summed E-state index contributed by atoms with van der Waals surface area (Å²) in [6.45, 7) is 1.30. The first-order chi connectivity index (χ1) is 6.74. The fraction of sp³-hybridized carbons (Fsp3) is 0.900. The molecule has 4 nitrogen and oxygen atoms in total. The predicted octanol–water partition coefficient (Wildman–Crippen LogP) is 0.549. The Bertz CT molecular complexity index is 178. The van der Waals surface area contributed by atoms with Crippen LogP contribution in [0.1, 0.15) is 32.1 Å². The van der Waals surface area contributed by atoms with Gasteiger partial charge in [0.05, 0.1) is 13.2 Å². The molecule has 0 saturated heterocycles. The lowest BCUT2D eigenvalue weighted by Crippen LogP contribution is -2.43. The molecule has 0 unspecified atom stereocenters. The lowest BCUT2D eigenvalue weighted by Gasteiger charge is -2.33. The van der Waals surface area contributed by atoms with Gasteiger partial charge in [-0.15, -0.1) is 0 Å². The Morgan fingerprint density at radius 2 is 2.00 bits per heavy atom. The van der Waals surface area contributed by atoms with Crippen LogP contribution >= 0.6 is 0 Å². The molecule has 0 aromatic rings. The van der Waals surface area contributed by atoms with Crippen molar-refractivity contribution in [1.82, 2.24) is 4.90 Å². The van der Waals surface area contributed by atoms with Gasteiger partial charge in [0.25, 0.3) is 0 Å². The highest BCUT2D eigenvalue weighted by atomic mass is 16.3. The van der Waals surface area contributed by atoms with E-state index in [2.05, 4.69) is 4.90 Å². The summed E-state index contributed by atoms with van der Waals surface area (Å²) < 4.78 is 0. The van der Waals surface area contributed by atoms with Crippen molar-refractivity contribution in [2.75, 3.05) is 19.7 Å². The van der Waals surface area contributed by atoms with Gasteiger partial charge in [0.15, 0.2) is 0 Å². The Hall–Kier alpha value is -0.610. The first-order valence-corrected chi connectivity index (χ1v) is 5.42. The Morgan fingerprint density at radius 3 is 2.50 bits per heavy atom. The topological polar surface area (TPSA) is 73.3 Å². The molecule has 0 spiro atoms. The van der Waals surface area contributed by atoms with Crippen LogP contribution < -0.4 is 5.73 Å². The van der Waals surface area contributed by atoms with Crippen molar-refractivity contribution in [2.24, 2.45) is 5.73 Å². The molecule has 0 bridgehead atoms. The van der Waals surface area contributed by atoms with Crippen LogP contribution in [0, 0.1) is 5.41 Å². The van der Waals surface area contributed by atoms with E-state index in [1.54, 1.807) is 0 Å². The van der Waals surface area contributed by atoms with E-state index in [0.717, 1.165) is 0 Å². The Morgan fingerprint density at radius 1 is 1.36 bits per heavy atom. The second-order valence-electron chi connectivity index (χ2n) is 4.01. The second kappa shape index (κ2) is 5.98. The van der Waals surface area contributed by atoms with E-state index >= 15 is 0 Å². The maximum absolute atomic E-state index is 8.93. The number of hydrogen-bond donors (Lipinski definition) is 3. The summed E-state index contributed by atoms with van der Waals surface area (Å²) in [6, 6.07) is 0.528. The van der Waals surface area contributed by atoms with Crippen LogP contribution in [-0.4, -0.2) is 41.6 Å². The molecule has 82 valence electrons. The molecule has 1 aliphatic rings. The minimum Gasteiger partial charge on any atom is -0.395 e. The Kier molecular flexibility index (Phi) is 4.90. The molecule has 1 fully saturated rings. The van der Waals surface area contributed by atoms with Gasteiger partial charge >= 0.3 is 0 Å². The third-order valence-corrected chi connectivity index (χ3v) is 2.85. The van der Waals surface area contributed by atoms with Gasteiger partial charge in [-0.05, 0) is 12.8 Å². The second-order valence-corrected chi connectivity index (χ2v) is 4.01. The van der Waals surface area contributed by atoms with E-state index in [9.17, 15) is 0 Å². The largest absolute Gasteiger partial charge is 0.395 e. The molecule has 0 heterocycles. The zero-order chi connectivity index (χ0) is 10.4. The minimum atomic E-state index is 0.157. The fourth-order valence-corrected chi connectivity index (χ4v) is 2.18. The average Bonchev–Trinajstić information content (AvgIpc) is 2.18. The quantitative estimate of drug-likeness (QED) is 0.447. The molecule has 0 amide bonds. The Balaban J connectivity index is 2.42. The molecule has 0 atom stereocenters. The molecule has 0 radical (unpaired) electrons. The number of amidine groups is 1. The van der Waals surface area contributed by atoms with Crippen LogP contribution in [0.4, 0.5) is 0 Å². The lowest BCUT2D eigenvalue weighted by atomic mass is 9.94. The van der Waals surface area contributed by atoms with Crippen molar-refractivity contribution in [3.8, 4) is 0 Å². The standard InChI is InChI=1S/C10H21N3O/c11-10(12)8-13(6-7-14)9-4-2-1-3-5-9/h9,14H,1-8H2,(H3,11,12). The van der Waals surface area contributed by atoms with Gasteiger partial charge in [-0.3, -0.25) is 10.3 Å². The monoisotopic (exact) mass is 199 g/mol.